The molecule has 0 saturated heterocycles. The Morgan fingerprint density at radius 2 is 1.97 bits per heavy atom. The van der Waals surface area contributed by atoms with Crippen molar-refractivity contribution in [3.63, 3.8) is 0 Å². The molecule has 4 heterocycles. The Kier molecular flexibility index (Phi) is 4.17. The van der Waals surface area contributed by atoms with Gasteiger partial charge in [0.1, 0.15) is 11.6 Å². The zero-order valence-corrected chi connectivity index (χ0v) is 15.5. The van der Waals surface area contributed by atoms with Crippen molar-refractivity contribution in [2.24, 2.45) is 0 Å². The monoisotopic (exact) mass is 384 g/mol. The van der Waals surface area contributed by atoms with Gasteiger partial charge in [0.25, 0.3) is 0 Å². The summed E-state index contributed by atoms with van der Waals surface area (Å²) in [6.07, 6.45) is 5.05. The minimum Gasteiger partial charge on any atom is -0.497 e. The number of benzene rings is 1. The molecule has 0 saturated carbocycles. The molecule has 5 aromatic rings. The quantitative estimate of drug-likeness (QED) is 0.493. The molecular weight excluding hydrogens is 368 g/mol. The molecule has 0 amide bonds. The molecule has 0 unspecified atom stereocenters. The van der Waals surface area contributed by atoms with Crippen molar-refractivity contribution in [1.82, 2.24) is 34.9 Å². The van der Waals surface area contributed by atoms with Gasteiger partial charge >= 0.3 is 0 Å². The number of nitrogens with one attached hydrogen (secondary N) is 1. The second kappa shape index (κ2) is 7.12. The molecule has 0 radical (unpaired) electrons. The van der Waals surface area contributed by atoms with Crippen molar-refractivity contribution in [1.29, 1.82) is 0 Å². The first-order valence-electron chi connectivity index (χ1n) is 8.95. The Balaban J connectivity index is 1.45. The van der Waals surface area contributed by atoms with E-state index in [1.807, 2.05) is 24.3 Å². The predicted octanol–water partition coefficient (Wildman–Crippen LogP) is 2.97. The van der Waals surface area contributed by atoms with Crippen LogP contribution in [0.1, 0.15) is 5.56 Å². The summed E-state index contributed by atoms with van der Waals surface area (Å²) in [5.74, 6) is 1.86. The topological polar surface area (TPSA) is 104 Å². The third-order valence-corrected chi connectivity index (χ3v) is 4.45. The van der Waals surface area contributed by atoms with Crippen LogP contribution in [0.15, 0.2) is 61.1 Å². The third kappa shape index (κ3) is 3.41. The number of methoxy groups -OCH3 is 1. The zero-order chi connectivity index (χ0) is 19.6. The third-order valence-electron chi connectivity index (χ3n) is 4.45. The second-order valence-electron chi connectivity index (χ2n) is 6.39. The Morgan fingerprint density at radius 1 is 1.00 bits per heavy atom. The van der Waals surface area contributed by atoms with Crippen LogP contribution in [0, 0.1) is 0 Å². The van der Waals surface area contributed by atoms with Crippen molar-refractivity contribution >= 4 is 33.8 Å². The normalized spacial score (nSPS) is 11.1. The van der Waals surface area contributed by atoms with Crippen molar-refractivity contribution < 1.29 is 4.74 Å². The van der Waals surface area contributed by atoms with Gasteiger partial charge in [-0.15, -0.1) is 5.10 Å². The lowest BCUT2D eigenvalue weighted by Crippen LogP contribution is -2.04. The average Bonchev–Trinajstić information content (AvgIpc) is 3.16. The number of nitrogens with zero attached hydrogens (tertiary/aromatic N) is 7. The Morgan fingerprint density at radius 3 is 2.90 bits per heavy atom. The van der Waals surface area contributed by atoms with Gasteiger partial charge in [0, 0.05) is 23.8 Å². The van der Waals surface area contributed by atoms with Gasteiger partial charge in [0.2, 0.25) is 5.65 Å². The number of rotatable bonds is 5. The second-order valence-corrected chi connectivity index (χ2v) is 6.39. The summed E-state index contributed by atoms with van der Waals surface area (Å²) in [5, 5.41) is 12.5. The summed E-state index contributed by atoms with van der Waals surface area (Å²) in [6.45, 7) is 0.525. The van der Waals surface area contributed by atoms with Crippen molar-refractivity contribution in [3.05, 3.63) is 66.6 Å². The van der Waals surface area contributed by atoms with Gasteiger partial charge < -0.3 is 10.1 Å². The Bertz CT molecular complexity index is 1320. The maximum absolute atomic E-state index is 5.22. The molecule has 0 aliphatic heterocycles. The van der Waals surface area contributed by atoms with Crippen LogP contribution >= 0.6 is 0 Å². The highest BCUT2D eigenvalue weighted by atomic mass is 16.5. The first-order chi connectivity index (χ1) is 14.3. The number of anilines is 2. The van der Waals surface area contributed by atoms with Crippen LogP contribution in [-0.2, 0) is 6.54 Å². The van der Waals surface area contributed by atoms with Gasteiger partial charge in [-0.25, -0.2) is 19.6 Å². The standard InChI is InChI=1S/C20H16N8O/c1-29-15-6-8-22-17(10-15)24-18-11-23-19-20(25-18)28(27-26-19)12-13-4-5-16-14(9-13)3-2-7-21-16/h2-11H,12H2,1H3,(H,22,24,25). The van der Waals surface area contributed by atoms with Crippen molar-refractivity contribution in [2.75, 3.05) is 12.4 Å². The SMILES string of the molecule is COc1ccnc(Nc2cnc3nnn(Cc4ccc5ncccc5c4)c3n2)c1. The van der Waals surface area contributed by atoms with Crippen LogP contribution in [0.2, 0.25) is 0 Å². The fourth-order valence-corrected chi connectivity index (χ4v) is 3.06. The molecule has 9 nitrogen and oxygen atoms in total. The van der Waals surface area contributed by atoms with Crippen LogP contribution in [0.5, 0.6) is 5.75 Å². The highest BCUT2D eigenvalue weighted by Crippen LogP contribution is 2.19. The van der Waals surface area contributed by atoms with E-state index in [2.05, 4.69) is 41.6 Å². The molecule has 1 aromatic carbocycles. The molecule has 142 valence electrons. The highest BCUT2D eigenvalue weighted by molar-refractivity contribution is 5.79. The molecule has 0 atom stereocenters. The molecule has 29 heavy (non-hydrogen) atoms. The minimum absolute atomic E-state index is 0.483. The van der Waals surface area contributed by atoms with Crippen LogP contribution in [0.25, 0.3) is 22.2 Å². The van der Waals surface area contributed by atoms with Gasteiger partial charge in [-0.2, -0.15) is 0 Å². The first kappa shape index (κ1) is 17.0. The average molecular weight is 384 g/mol. The van der Waals surface area contributed by atoms with E-state index in [0.717, 1.165) is 16.5 Å². The molecule has 0 fully saturated rings. The van der Waals surface area contributed by atoms with Crippen molar-refractivity contribution in [3.8, 4) is 5.75 Å². The maximum Gasteiger partial charge on any atom is 0.221 e. The molecule has 4 aromatic heterocycles. The lowest BCUT2D eigenvalue weighted by molar-refractivity contribution is 0.414. The Hall–Kier alpha value is -4.14. The van der Waals surface area contributed by atoms with E-state index in [1.54, 1.807) is 42.5 Å². The van der Waals surface area contributed by atoms with E-state index in [-0.39, 0.29) is 0 Å². The van der Waals surface area contributed by atoms with Crippen LogP contribution < -0.4 is 10.1 Å². The molecule has 9 heteroatoms. The predicted molar refractivity (Wildman–Crippen MR) is 108 cm³/mol. The summed E-state index contributed by atoms with van der Waals surface area (Å²) >= 11 is 0. The fraction of sp³-hybridized carbons (Fsp3) is 0.100. The molecule has 0 spiro atoms. The zero-order valence-electron chi connectivity index (χ0n) is 15.5. The van der Waals surface area contributed by atoms with E-state index < -0.39 is 0 Å². The molecule has 0 aliphatic carbocycles. The summed E-state index contributed by atoms with van der Waals surface area (Å²) in [6, 6.07) is 13.6. The molecule has 1 N–H and O–H groups in total. The number of pyridine rings is 2. The van der Waals surface area contributed by atoms with E-state index in [1.165, 1.54) is 0 Å². The summed E-state index contributed by atoms with van der Waals surface area (Å²) in [4.78, 5) is 17.6. The van der Waals surface area contributed by atoms with E-state index in [9.17, 15) is 0 Å². The highest BCUT2D eigenvalue weighted by Gasteiger charge is 2.10. The lowest BCUT2D eigenvalue weighted by Gasteiger charge is -2.07. The van der Waals surface area contributed by atoms with Gasteiger partial charge in [-0.05, 0) is 29.8 Å². The van der Waals surface area contributed by atoms with Gasteiger partial charge in [0.05, 0.1) is 25.4 Å². The molecule has 5 rings (SSSR count). The Labute approximate surface area is 165 Å². The molecule has 0 aliphatic rings. The minimum atomic E-state index is 0.483. The number of aromatic nitrogens is 7. The van der Waals surface area contributed by atoms with E-state index >= 15 is 0 Å². The van der Waals surface area contributed by atoms with Gasteiger partial charge in [-0.3, -0.25) is 4.98 Å². The van der Waals surface area contributed by atoms with Crippen molar-refractivity contribution in [2.45, 2.75) is 6.54 Å². The number of hydrogen-bond donors (Lipinski definition) is 1. The number of ether oxygens (including phenoxy) is 1. The summed E-state index contributed by atoms with van der Waals surface area (Å²) < 4.78 is 6.95. The largest absolute Gasteiger partial charge is 0.497 e. The van der Waals surface area contributed by atoms with Crippen LogP contribution in [0.4, 0.5) is 11.6 Å². The van der Waals surface area contributed by atoms with Gasteiger partial charge in [-0.1, -0.05) is 17.3 Å². The maximum atomic E-state index is 5.22. The van der Waals surface area contributed by atoms with E-state index in [4.69, 9.17) is 4.74 Å². The molecular formula is C20H16N8O. The number of hydrogen-bond acceptors (Lipinski definition) is 8. The lowest BCUT2D eigenvalue weighted by atomic mass is 10.1. The number of fused-ring (bicyclic) bond motifs is 2. The van der Waals surface area contributed by atoms with Crippen LogP contribution in [0.3, 0.4) is 0 Å². The smallest absolute Gasteiger partial charge is 0.221 e. The van der Waals surface area contributed by atoms with E-state index in [0.29, 0.717) is 35.2 Å². The van der Waals surface area contributed by atoms with Crippen LogP contribution in [-0.4, -0.2) is 42.0 Å². The molecule has 0 bridgehead atoms. The summed E-state index contributed by atoms with van der Waals surface area (Å²) in [7, 11) is 1.61. The van der Waals surface area contributed by atoms with Gasteiger partial charge in [0.15, 0.2) is 11.5 Å². The first-order valence-corrected chi connectivity index (χ1v) is 8.95. The fourth-order valence-electron chi connectivity index (χ4n) is 3.06. The summed E-state index contributed by atoms with van der Waals surface area (Å²) in [5.41, 5.74) is 3.10.